The highest BCUT2D eigenvalue weighted by molar-refractivity contribution is 7.09. The Labute approximate surface area is 116 Å². The largest absolute Gasteiger partial charge is 0.481 e. The quantitative estimate of drug-likeness (QED) is 0.906. The number of hydrogen-bond donors (Lipinski definition) is 1. The number of aliphatic carboxylic acids is 1. The van der Waals surface area contributed by atoms with Gasteiger partial charge in [0.2, 0.25) is 0 Å². The molecule has 110 valence electrons. The van der Waals surface area contributed by atoms with Gasteiger partial charge in [-0.2, -0.15) is 13.2 Å². The van der Waals surface area contributed by atoms with Crippen molar-refractivity contribution in [1.29, 1.82) is 0 Å². The van der Waals surface area contributed by atoms with E-state index < -0.39 is 29.0 Å². The molecule has 0 unspecified atom stereocenters. The zero-order chi connectivity index (χ0) is 15.1. The van der Waals surface area contributed by atoms with Gasteiger partial charge in [0.05, 0.1) is 5.92 Å². The molecule has 0 bridgehead atoms. The molecule has 0 aromatic carbocycles. The second kappa shape index (κ2) is 5.04. The molecule has 0 radical (unpaired) electrons. The maximum absolute atomic E-state index is 12.4. The summed E-state index contributed by atoms with van der Waals surface area (Å²) in [5.41, 5.74) is -0.291. The molecule has 0 aliphatic carbocycles. The van der Waals surface area contributed by atoms with Crippen molar-refractivity contribution >= 4 is 23.2 Å². The van der Waals surface area contributed by atoms with E-state index >= 15 is 0 Å². The summed E-state index contributed by atoms with van der Waals surface area (Å²) >= 11 is 0.352. The number of carboxylic acid groups (broad SMARTS) is 1. The zero-order valence-corrected chi connectivity index (χ0v) is 11.2. The van der Waals surface area contributed by atoms with Crippen molar-refractivity contribution in [2.45, 2.75) is 13.1 Å². The second-order valence-corrected chi connectivity index (χ2v) is 5.53. The predicted octanol–water partition coefficient (Wildman–Crippen LogP) is 1.95. The molecule has 1 aromatic heterocycles. The molecule has 2 rings (SSSR count). The SMILES string of the molecule is C[C@@H]1CN(C(=O)c2csc(C(F)(F)F)n2)C[C@H]1C(=O)O. The standard InChI is InChI=1S/C11H11F3N2O3S/c1-5-2-16(3-6(5)9(18)19)8(17)7-4-20-10(15-7)11(12,13)14/h4-6H,2-3H2,1H3,(H,18,19)/t5-,6-/m1/s1. The number of halogens is 3. The minimum Gasteiger partial charge on any atom is -0.481 e. The van der Waals surface area contributed by atoms with Crippen molar-refractivity contribution < 1.29 is 27.9 Å². The molecule has 1 aliphatic rings. The number of carbonyl (C=O) groups excluding carboxylic acids is 1. The highest BCUT2D eigenvalue weighted by Crippen LogP contribution is 2.32. The van der Waals surface area contributed by atoms with E-state index in [-0.39, 0.29) is 24.7 Å². The number of thiazole rings is 1. The van der Waals surface area contributed by atoms with Crippen LogP contribution < -0.4 is 0 Å². The number of aromatic nitrogens is 1. The molecule has 1 fully saturated rings. The molecular weight excluding hydrogens is 297 g/mol. The predicted molar refractivity (Wildman–Crippen MR) is 63.3 cm³/mol. The zero-order valence-electron chi connectivity index (χ0n) is 10.3. The molecule has 1 amide bonds. The fourth-order valence-corrected chi connectivity index (χ4v) is 2.78. The summed E-state index contributed by atoms with van der Waals surface area (Å²) in [6.07, 6.45) is -4.58. The Kier molecular flexibility index (Phi) is 3.72. The lowest BCUT2D eigenvalue weighted by Gasteiger charge is -2.14. The first kappa shape index (κ1) is 14.8. The van der Waals surface area contributed by atoms with E-state index in [0.717, 1.165) is 5.38 Å². The van der Waals surface area contributed by atoms with E-state index in [4.69, 9.17) is 5.11 Å². The summed E-state index contributed by atoms with van der Waals surface area (Å²) in [6, 6.07) is 0. The van der Waals surface area contributed by atoms with Gasteiger partial charge in [-0.1, -0.05) is 6.92 Å². The van der Waals surface area contributed by atoms with Gasteiger partial charge in [0, 0.05) is 18.5 Å². The highest BCUT2D eigenvalue weighted by atomic mass is 32.1. The molecule has 1 saturated heterocycles. The third-order valence-corrected chi connectivity index (χ3v) is 4.07. The van der Waals surface area contributed by atoms with Gasteiger partial charge in [0.15, 0.2) is 5.01 Å². The van der Waals surface area contributed by atoms with E-state index in [0.29, 0.717) is 11.3 Å². The van der Waals surface area contributed by atoms with Crippen molar-refractivity contribution in [3.8, 4) is 0 Å². The van der Waals surface area contributed by atoms with Crippen LogP contribution in [0, 0.1) is 11.8 Å². The first-order valence-corrected chi connectivity index (χ1v) is 6.63. The number of likely N-dealkylation sites (tertiary alicyclic amines) is 1. The number of hydrogen-bond acceptors (Lipinski definition) is 4. The van der Waals surface area contributed by atoms with Crippen molar-refractivity contribution in [1.82, 2.24) is 9.88 Å². The Morgan fingerprint density at radius 1 is 1.45 bits per heavy atom. The van der Waals surface area contributed by atoms with Gasteiger partial charge in [0.1, 0.15) is 5.69 Å². The summed E-state index contributed by atoms with van der Waals surface area (Å²) in [4.78, 5) is 27.5. The normalized spacial score (nSPS) is 23.1. The lowest BCUT2D eigenvalue weighted by molar-refractivity contribution is -0.142. The Hall–Kier alpha value is -1.64. The van der Waals surface area contributed by atoms with Gasteiger partial charge in [-0.05, 0) is 5.92 Å². The van der Waals surface area contributed by atoms with Crippen LogP contribution in [0.4, 0.5) is 13.2 Å². The van der Waals surface area contributed by atoms with Gasteiger partial charge in [-0.15, -0.1) is 11.3 Å². The van der Waals surface area contributed by atoms with E-state index in [1.165, 1.54) is 4.90 Å². The van der Waals surface area contributed by atoms with Crippen LogP contribution in [0.5, 0.6) is 0 Å². The van der Waals surface area contributed by atoms with Crippen LogP contribution in [-0.4, -0.2) is 40.0 Å². The molecule has 1 aliphatic heterocycles. The van der Waals surface area contributed by atoms with Gasteiger partial charge in [-0.25, -0.2) is 4.98 Å². The number of alkyl halides is 3. The third kappa shape index (κ3) is 2.77. The highest BCUT2D eigenvalue weighted by Gasteiger charge is 2.39. The van der Waals surface area contributed by atoms with Gasteiger partial charge < -0.3 is 10.0 Å². The van der Waals surface area contributed by atoms with Crippen molar-refractivity contribution in [2.24, 2.45) is 11.8 Å². The molecule has 1 aromatic rings. The molecule has 1 N–H and O–H groups in total. The first-order chi connectivity index (χ1) is 9.20. The molecule has 2 atom stereocenters. The number of carboxylic acids is 1. The summed E-state index contributed by atoms with van der Waals surface area (Å²) in [5, 5.41) is 8.93. The Bertz CT molecular complexity index is 543. The first-order valence-electron chi connectivity index (χ1n) is 5.75. The summed E-state index contributed by atoms with van der Waals surface area (Å²) < 4.78 is 37.3. The lowest BCUT2D eigenvalue weighted by Crippen LogP contribution is -2.30. The molecule has 9 heteroatoms. The van der Waals surface area contributed by atoms with Crippen LogP contribution in [0.25, 0.3) is 0 Å². The monoisotopic (exact) mass is 308 g/mol. The number of nitrogens with zero attached hydrogens (tertiary/aromatic N) is 2. The van der Waals surface area contributed by atoms with Crippen molar-refractivity contribution in [3.05, 3.63) is 16.1 Å². The Morgan fingerprint density at radius 3 is 2.55 bits per heavy atom. The lowest BCUT2D eigenvalue weighted by atomic mass is 9.99. The van der Waals surface area contributed by atoms with Crippen LogP contribution in [-0.2, 0) is 11.0 Å². The van der Waals surface area contributed by atoms with Crippen LogP contribution in [0.2, 0.25) is 0 Å². The van der Waals surface area contributed by atoms with E-state index in [1.807, 2.05) is 0 Å². The third-order valence-electron chi connectivity index (χ3n) is 3.18. The van der Waals surface area contributed by atoms with E-state index in [9.17, 15) is 22.8 Å². The minimum absolute atomic E-state index is 0.00574. The molecular formula is C11H11F3N2O3S. The van der Waals surface area contributed by atoms with Crippen molar-refractivity contribution in [2.75, 3.05) is 13.1 Å². The molecule has 20 heavy (non-hydrogen) atoms. The molecule has 0 spiro atoms. The topological polar surface area (TPSA) is 70.5 Å². The molecule has 0 saturated carbocycles. The maximum Gasteiger partial charge on any atom is 0.443 e. The fraction of sp³-hybridized carbons (Fsp3) is 0.545. The molecule has 2 heterocycles. The average molecular weight is 308 g/mol. The number of carbonyl (C=O) groups is 2. The summed E-state index contributed by atoms with van der Waals surface area (Å²) in [5.74, 6) is -2.61. The smallest absolute Gasteiger partial charge is 0.443 e. The van der Waals surface area contributed by atoms with Crippen LogP contribution >= 0.6 is 11.3 Å². The van der Waals surface area contributed by atoms with Crippen LogP contribution in [0.1, 0.15) is 22.4 Å². The van der Waals surface area contributed by atoms with Crippen LogP contribution in [0.15, 0.2) is 5.38 Å². The molecule has 5 nitrogen and oxygen atoms in total. The maximum atomic E-state index is 12.4. The van der Waals surface area contributed by atoms with E-state index in [1.54, 1.807) is 6.92 Å². The van der Waals surface area contributed by atoms with Crippen molar-refractivity contribution in [3.63, 3.8) is 0 Å². The summed E-state index contributed by atoms with van der Waals surface area (Å²) in [6.45, 7) is 1.89. The number of amides is 1. The number of rotatable bonds is 2. The Balaban J connectivity index is 2.13. The minimum atomic E-state index is -4.58. The summed E-state index contributed by atoms with van der Waals surface area (Å²) in [7, 11) is 0. The van der Waals surface area contributed by atoms with Gasteiger partial charge >= 0.3 is 12.1 Å². The van der Waals surface area contributed by atoms with Gasteiger partial charge in [-0.3, -0.25) is 9.59 Å². The average Bonchev–Trinajstić information content (AvgIpc) is 2.93. The van der Waals surface area contributed by atoms with E-state index in [2.05, 4.69) is 4.98 Å². The van der Waals surface area contributed by atoms with Gasteiger partial charge in [0.25, 0.3) is 5.91 Å². The van der Waals surface area contributed by atoms with Crippen LogP contribution in [0.3, 0.4) is 0 Å². The fourth-order valence-electron chi connectivity index (χ4n) is 2.12. The Morgan fingerprint density at radius 2 is 2.10 bits per heavy atom. The second-order valence-electron chi connectivity index (χ2n) is 4.67.